The Morgan fingerprint density at radius 2 is 2.17 bits per heavy atom. The van der Waals surface area contributed by atoms with Crippen LogP contribution in [0.4, 0.5) is 0 Å². The summed E-state index contributed by atoms with van der Waals surface area (Å²) in [5, 5.41) is 6.79. The molecule has 0 bridgehead atoms. The van der Waals surface area contributed by atoms with Crippen LogP contribution in [0.25, 0.3) is 0 Å². The number of hydrogen-bond donors (Lipinski definition) is 2. The van der Waals surface area contributed by atoms with Crippen LogP contribution in [0.5, 0.6) is 5.75 Å². The van der Waals surface area contributed by atoms with Crippen molar-refractivity contribution in [1.82, 2.24) is 10.6 Å². The van der Waals surface area contributed by atoms with Gasteiger partial charge in [-0.1, -0.05) is 12.1 Å². The van der Waals surface area contributed by atoms with Gasteiger partial charge in [0.2, 0.25) is 0 Å². The van der Waals surface area contributed by atoms with Crippen LogP contribution in [0.2, 0.25) is 0 Å². The SMILES string of the molecule is CNC(C)(C)CNCc1ccc2c(c1)CCCO2. The van der Waals surface area contributed by atoms with E-state index in [1.165, 1.54) is 11.1 Å². The van der Waals surface area contributed by atoms with Gasteiger partial charge in [-0.15, -0.1) is 0 Å². The van der Waals surface area contributed by atoms with Gasteiger partial charge >= 0.3 is 0 Å². The molecule has 0 unspecified atom stereocenters. The Labute approximate surface area is 110 Å². The molecule has 1 aromatic carbocycles. The van der Waals surface area contributed by atoms with Gasteiger partial charge in [-0.2, -0.15) is 0 Å². The molecule has 0 aromatic heterocycles. The molecule has 1 heterocycles. The van der Waals surface area contributed by atoms with Crippen molar-refractivity contribution in [3.63, 3.8) is 0 Å². The second-order valence-electron chi connectivity index (χ2n) is 5.63. The summed E-state index contributed by atoms with van der Waals surface area (Å²) in [4.78, 5) is 0. The van der Waals surface area contributed by atoms with Gasteiger partial charge < -0.3 is 15.4 Å². The van der Waals surface area contributed by atoms with Crippen molar-refractivity contribution in [3.05, 3.63) is 29.3 Å². The average Bonchev–Trinajstić information content (AvgIpc) is 2.38. The van der Waals surface area contributed by atoms with E-state index in [9.17, 15) is 0 Å². The van der Waals surface area contributed by atoms with E-state index in [1.54, 1.807) is 0 Å². The lowest BCUT2D eigenvalue weighted by Crippen LogP contribution is -2.45. The lowest BCUT2D eigenvalue weighted by molar-refractivity contribution is 0.288. The molecule has 2 rings (SSSR count). The molecule has 0 aliphatic carbocycles. The fraction of sp³-hybridized carbons (Fsp3) is 0.600. The molecule has 100 valence electrons. The topological polar surface area (TPSA) is 33.3 Å². The zero-order valence-corrected chi connectivity index (χ0v) is 11.7. The Hall–Kier alpha value is -1.06. The molecule has 1 aliphatic heterocycles. The third-order valence-electron chi connectivity index (χ3n) is 3.55. The van der Waals surface area contributed by atoms with Crippen molar-refractivity contribution in [1.29, 1.82) is 0 Å². The molecular formula is C15H24N2O. The normalized spacial score (nSPS) is 15.1. The lowest BCUT2D eigenvalue weighted by Gasteiger charge is -2.24. The van der Waals surface area contributed by atoms with Crippen molar-refractivity contribution in [2.45, 2.75) is 38.8 Å². The van der Waals surface area contributed by atoms with Gasteiger partial charge in [-0.25, -0.2) is 0 Å². The van der Waals surface area contributed by atoms with Gasteiger partial charge in [-0.05, 0) is 50.9 Å². The van der Waals surface area contributed by atoms with E-state index in [1.807, 2.05) is 7.05 Å². The lowest BCUT2D eigenvalue weighted by atomic mass is 10.0. The third-order valence-corrected chi connectivity index (χ3v) is 3.55. The van der Waals surface area contributed by atoms with Crippen LogP contribution in [0.1, 0.15) is 31.4 Å². The van der Waals surface area contributed by atoms with Crippen LogP contribution in [0.3, 0.4) is 0 Å². The molecule has 1 aliphatic rings. The molecule has 18 heavy (non-hydrogen) atoms. The zero-order valence-electron chi connectivity index (χ0n) is 11.7. The molecule has 2 N–H and O–H groups in total. The monoisotopic (exact) mass is 248 g/mol. The van der Waals surface area contributed by atoms with Gasteiger partial charge in [0.05, 0.1) is 6.61 Å². The molecule has 3 heteroatoms. The summed E-state index contributed by atoms with van der Waals surface area (Å²) in [7, 11) is 2.00. The zero-order chi connectivity index (χ0) is 13.0. The highest BCUT2D eigenvalue weighted by molar-refractivity contribution is 5.38. The minimum Gasteiger partial charge on any atom is -0.493 e. The summed E-state index contributed by atoms with van der Waals surface area (Å²) < 4.78 is 5.62. The maximum atomic E-state index is 5.62. The Balaban J connectivity index is 1.90. The van der Waals surface area contributed by atoms with Crippen LogP contribution >= 0.6 is 0 Å². The quantitative estimate of drug-likeness (QED) is 0.837. The summed E-state index contributed by atoms with van der Waals surface area (Å²) in [5.41, 5.74) is 2.83. The van der Waals surface area contributed by atoms with E-state index < -0.39 is 0 Å². The van der Waals surface area contributed by atoms with Crippen LogP contribution in [-0.4, -0.2) is 25.7 Å². The Bertz CT molecular complexity index is 401. The first-order valence-electron chi connectivity index (χ1n) is 6.75. The number of nitrogens with one attached hydrogen (secondary N) is 2. The molecular weight excluding hydrogens is 224 g/mol. The molecule has 0 amide bonds. The smallest absolute Gasteiger partial charge is 0.122 e. The van der Waals surface area contributed by atoms with Crippen LogP contribution in [0, 0.1) is 0 Å². The summed E-state index contributed by atoms with van der Waals surface area (Å²) in [6.45, 7) is 7.12. The minimum absolute atomic E-state index is 0.136. The van der Waals surface area contributed by atoms with Crippen LogP contribution in [-0.2, 0) is 13.0 Å². The third kappa shape index (κ3) is 3.47. The molecule has 0 fully saturated rings. The van der Waals surface area contributed by atoms with E-state index in [0.29, 0.717) is 0 Å². The van der Waals surface area contributed by atoms with Gasteiger partial charge in [-0.3, -0.25) is 0 Å². The summed E-state index contributed by atoms with van der Waals surface area (Å²) in [6.07, 6.45) is 2.28. The van der Waals surface area contributed by atoms with E-state index in [2.05, 4.69) is 42.7 Å². The highest BCUT2D eigenvalue weighted by Gasteiger charge is 2.14. The number of ether oxygens (including phenoxy) is 1. The average molecular weight is 248 g/mol. The Morgan fingerprint density at radius 1 is 1.33 bits per heavy atom. The van der Waals surface area contributed by atoms with E-state index in [0.717, 1.165) is 38.3 Å². The van der Waals surface area contributed by atoms with Gasteiger partial charge in [0.25, 0.3) is 0 Å². The molecule has 0 saturated carbocycles. The number of fused-ring (bicyclic) bond motifs is 1. The highest BCUT2D eigenvalue weighted by atomic mass is 16.5. The number of benzene rings is 1. The van der Waals surface area contributed by atoms with Gasteiger partial charge in [0.1, 0.15) is 5.75 Å². The predicted octanol–water partition coefficient (Wildman–Crippen LogP) is 2.10. The van der Waals surface area contributed by atoms with E-state index >= 15 is 0 Å². The summed E-state index contributed by atoms with van der Waals surface area (Å²) >= 11 is 0. The van der Waals surface area contributed by atoms with Gasteiger partial charge in [0.15, 0.2) is 0 Å². The van der Waals surface area contributed by atoms with Gasteiger partial charge in [0, 0.05) is 18.6 Å². The Morgan fingerprint density at radius 3 is 2.94 bits per heavy atom. The number of likely N-dealkylation sites (N-methyl/N-ethyl adjacent to an activating group) is 1. The number of rotatable bonds is 5. The number of hydrogen-bond acceptors (Lipinski definition) is 3. The van der Waals surface area contributed by atoms with Crippen molar-refractivity contribution in [3.8, 4) is 5.75 Å². The molecule has 0 spiro atoms. The standard InChI is InChI=1S/C15H24N2O/c1-15(2,16-3)11-17-10-12-6-7-14-13(9-12)5-4-8-18-14/h6-7,9,16-17H,4-5,8,10-11H2,1-3H3. The molecule has 0 radical (unpaired) electrons. The first kappa shape index (κ1) is 13.4. The first-order valence-corrected chi connectivity index (χ1v) is 6.75. The van der Waals surface area contributed by atoms with Crippen LogP contribution < -0.4 is 15.4 Å². The summed E-state index contributed by atoms with van der Waals surface area (Å²) in [6, 6.07) is 6.53. The van der Waals surface area contributed by atoms with E-state index in [4.69, 9.17) is 4.74 Å². The van der Waals surface area contributed by atoms with Crippen molar-refractivity contribution in [2.75, 3.05) is 20.2 Å². The fourth-order valence-corrected chi connectivity index (χ4v) is 2.13. The summed E-state index contributed by atoms with van der Waals surface area (Å²) in [5.74, 6) is 1.07. The molecule has 3 nitrogen and oxygen atoms in total. The van der Waals surface area contributed by atoms with Crippen molar-refractivity contribution < 1.29 is 4.74 Å². The number of aryl methyl sites for hydroxylation is 1. The molecule has 0 saturated heterocycles. The maximum absolute atomic E-state index is 5.62. The Kier molecular flexibility index (Phi) is 4.25. The predicted molar refractivity (Wildman–Crippen MR) is 75.1 cm³/mol. The molecule has 0 atom stereocenters. The maximum Gasteiger partial charge on any atom is 0.122 e. The highest BCUT2D eigenvalue weighted by Crippen LogP contribution is 2.25. The largest absolute Gasteiger partial charge is 0.493 e. The minimum atomic E-state index is 0.136. The second kappa shape index (κ2) is 5.72. The first-order chi connectivity index (χ1) is 8.61. The second-order valence-corrected chi connectivity index (χ2v) is 5.63. The van der Waals surface area contributed by atoms with E-state index in [-0.39, 0.29) is 5.54 Å². The fourth-order valence-electron chi connectivity index (χ4n) is 2.13. The van der Waals surface area contributed by atoms with Crippen LogP contribution in [0.15, 0.2) is 18.2 Å². The van der Waals surface area contributed by atoms with Crippen molar-refractivity contribution in [2.24, 2.45) is 0 Å². The van der Waals surface area contributed by atoms with Crippen molar-refractivity contribution >= 4 is 0 Å². The molecule has 1 aromatic rings.